The van der Waals surface area contributed by atoms with Gasteiger partial charge in [0.25, 0.3) is 0 Å². The van der Waals surface area contributed by atoms with E-state index in [1.807, 2.05) is 12.1 Å². The normalized spacial score (nSPS) is 28.4. The van der Waals surface area contributed by atoms with Gasteiger partial charge in [0.1, 0.15) is 11.9 Å². The minimum absolute atomic E-state index is 0.231. The third-order valence-corrected chi connectivity index (χ3v) is 4.78. The van der Waals surface area contributed by atoms with Crippen LogP contribution in [0.15, 0.2) is 18.2 Å². The number of benzene rings is 1. The van der Waals surface area contributed by atoms with Crippen LogP contribution < -0.4 is 4.74 Å². The van der Waals surface area contributed by atoms with Gasteiger partial charge in [-0.2, -0.15) is 0 Å². The van der Waals surface area contributed by atoms with Gasteiger partial charge >= 0.3 is 6.16 Å². The fraction of sp³-hybridized carbons (Fsp3) is 0.562. The van der Waals surface area contributed by atoms with Gasteiger partial charge in [-0.05, 0) is 49.4 Å². The third kappa shape index (κ3) is 2.70. The van der Waals surface area contributed by atoms with Gasteiger partial charge in [0, 0.05) is 12.6 Å². The summed E-state index contributed by atoms with van der Waals surface area (Å²) in [6, 6.07) is 6.66. The Hall–Kier alpha value is -1.75. The molecule has 114 valence electrons. The second kappa shape index (κ2) is 5.56. The predicted molar refractivity (Wildman–Crippen MR) is 77.8 cm³/mol. The van der Waals surface area contributed by atoms with Crippen LogP contribution in [-0.4, -0.2) is 49.0 Å². The molecule has 2 aliphatic rings. The van der Waals surface area contributed by atoms with Crippen LogP contribution in [0.3, 0.4) is 0 Å². The topological polar surface area (TPSA) is 59.0 Å². The van der Waals surface area contributed by atoms with E-state index >= 15 is 0 Å². The summed E-state index contributed by atoms with van der Waals surface area (Å²) in [6.45, 7) is 0.673. The molecule has 0 amide bonds. The van der Waals surface area contributed by atoms with Crippen LogP contribution in [0.1, 0.15) is 17.5 Å². The molecule has 0 aromatic heterocycles. The van der Waals surface area contributed by atoms with Crippen molar-refractivity contribution in [1.29, 1.82) is 0 Å². The molecule has 1 heterocycles. The number of ether oxygens (including phenoxy) is 2. The summed E-state index contributed by atoms with van der Waals surface area (Å²) in [5.74, 6) is 1.35. The maximum atomic E-state index is 10.8. The van der Waals surface area contributed by atoms with Gasteiger partial charge in [-0.25, -0.2) is 4.79 Å². The summed E-state index contributed by atoms with van der Waals surface area (Å²) in [5.41, 5.74) is 2.62. The highest BCUT2D eigenvalue weighted by Crippen LogP contribution is 2.38. The van der Waals surface area contributed by atoms with Gasteiger partial charge in [-0.15, -0.1) is 0 Å². The van der Waals surface area contributed by atoms with Crippen molar-refractivity contribution in [3.05, 3.63) is 29.3 Å². The van der Waals surface area contributed by atoms with Gasteiger partial charge in [0.15, 0.2) is 0 Å². The fourth-order valence-corrected chi connectivity index (χ4v) is 3.87. The Bertz CT molecular complexity index is 545. The van der Waals surface area contributed by atoms with Crippen molar-refractivity contribution in [1.82, 2.24) is 4.90 Å². The SMILES string of the molecule is COc1cccc2c1C[C@@H]1C[C@@H](OC(=O)O)CN(C)[C@@H]1C2. The van der Waals surface area contributed by atoms with Crippen molar-refractivity contribution >= 4 is 6.16 Å². The van der Waals surface area contributed by atoms with E-state index in [1.54, 1.807) is 7.11 Å². The Labute approximate surface area is 124 Å². The molecule has 0 spiro atoms. The van der Waals surface area contributed by atoms with Crippen LogP contribution in [0.5, 0.6) is 5.75 Å². The number of methoxy groups -OCH3 is 1. The first kappa shape index (κ1) is 14.2. The second-order valence-corrected chi connectivity index (χ2v) is 6.01. The molecule has 1 aliphatic carbocycles. The van der Waals surface area contributed by atoms with Gasteiger partial charge in [-0.1, -0.05) is 12.1 Å². The van der Waals surface area contributed by atoms with E-state index in [-0.39, 0.29) is 6.10 Å². The highest BCUT2D eigenvalue weighted by molar-refractivity contribution is 5.57. The minimum Gasteiger partial charge on any atom is -0.496 e. The van der Waals surface area contributed by atoms with Crippen LogP contribution in [0, 0.1) is 5.92 Å². The zero-order chi connectivity index (χ0) is 15.0. The van der Waals surface area contributed by atoms with Gasteiger partial charge in [0.05, 0.1) is 7.11 Å². The molecular weight excluding hydrogens is 270 g/mol. The molecule has 21 heavy (non-hydrogen) atoms. The maximum Gasteiger partial charge on any atom is 0.506 e. The van der Waals surface area contributed by atoms with Crippen molar-refractivity contribution in [2.45, 2.75) is 31.4 Å². The third-order valence-electron chi connectivity index (χ3n) is 4.78. The summed E-state index contributed by atoms with van der Waals surface area (Å²) in [6.07, 6.45) is 1.30. The Balaban J connectivity index is 1.83. The van der Waals surface area contributed by atoms with Gasteiger partial charge < -0.3 is 14.6 Å². The summed E-state index contributed by atoms with van der Waals surface area (Å²) >= 11 is 0. The Morgan fingerprint density at radius 3 is 2.90 bits per heavy atom. The quantitative estimate of drug-likeness (QED) is 0.846. The van der Waals surface area contributed by atoms with E-state index < -0.39 is 6.16 Å². The maximum absolute atomic E-state index is 10.8. The lowest BCUT2D eigenvalue weighted by molar-refractivity contribution is -0.0215. The number of likely N-dealkylation sites (tertiary alicyclic amines) is 1. The van der Waals surface area contributed by atoms with Crippen molar-refractivity contribution in [2.75, 3.05) is 20.7 Å². The summed E-state index contributed by atoms with van der Waals surface area (Å²) in [5, 5.41) is 8.83. The molecule has 5 heteroatoms. The number of carbonyl (C=O) groups is 1. The molecule has 1 saturated heterocycles. The molecule has 1 aliphatic heterocycles. The van der Waals surface area contributed by atoms with Crippen molar-refractivity contribution in [3.63, 3.8) is 0 Å². The first-order chi connectivity index (χ1) is 10.1. The smallest absolute Gasteiger partial charge is 0.496 e. The molecule has 0 radical (unpaired) electrons. The molecule has 3 rings (SSSR count). The molecule has 3 atom stereocenters. The number of likely N-dealkylation sites (N-methyl/N-ethyl adjacent to an activating group) is 1. The van der Waals surface area contributed by atoms with Crippen LogP contribution in [0.25, 0.3) is 0 Å². The molecule has 1 fully saturated rings. The lowest BCUT2D eigenvalue weighted by Crippen LogP contribution is -2.52. The number of nitrogens with zero attached hydrogens (tertiary/aromatic N) is 1. The standard InChI is InChI=1S/C16H21NO4/c1-17-9-12(21-16(18)19)6-11-7-13-10(8-14(11)17)4-3-5-15(13)20-2/h3-5,11-12,14H,6-9H2,1-2H3,(H,18,19)/t11-,12+,14+/m0/s1. The Kier molecular flexibility index (Phi) is 3.76. The van der Waals surface area contributed by atoms with Crippen molar-refractivity contribution < 1.29 is 19.4 Å². The molecule has 0 saturated carbocycles. The number of hydrogen-bond donors (Lipinski definition) is 1. The van der Waals surface area contributed by atoms with E-state index in [9.17, 15) is 4.79 Å². The second-order valence-electron chi connectivity index (χ2n) is 6.01. The van der Waals surface area contributed by atoms with E-state index in [2.05, 4.69) is 18.0 Å². The fourth-order valence-electron chi connectivity index (χ4n) is 3.87. The largest absolute Gasteiger partial charge is 0.506 e. The summed E-state index contributed by atoms with van der Waals surface area (Å²) in [7, 11) is 3.76. The molecule has 0 unspecified atom stereocenters. The van der Waals surface area contributed by atoms with Crippen LogP contribution in [0.4, 0.5) is 4.79 Å². The molecule has 1 aromatic carbocycles. The van der Waals surface area contributed by atoms with Crippen LogP contribution >= 0.6 is 0 Å². The van der Waals surface area contributed by atoms with Crippen LogP contribution in [-0.2, 0) is 17.6 Å². The number of hydrogen-bond acceptors (Lipinski definition) is 4. The van der Waals surface area contributed by atoms with Gasteiger partial charge in [-0.3, -0.25) is 4.90 Å². The zero-order valence-corrected chi connectivity index (χ0v) is 12.4. The monoisotopic (exact) mass is 291 g/mol. The average molecular weight is 291 g/mol. The molecule has 0 bridgehead atoms. The highest BCUT2D eigenvalue weighted by Gasteiger charge is 2.39. The number of piperidine rings is 1. The van der Waals surface area contributed by atoms with Gasteiger partial charge in [0.2, 0.25) is 0 Å². The first-order valence-electron chi connectivity index (χ1n) is 7.33. The van der Waals surface area contributed by atoms with E-state index in [0.717, 1.165) is 25.0 Å². The summed E-state index contributed by atoms with van der Waals surface area (Å²) in [4.78, 5) is 13.0. The molecular formula is C16H21NO4. The molecule has 1 N–H and O–H groups in total. The lowest BCUT2D eigenvalue weighted by atomic mass is 9.74. The highest BCUT2D eigenvalue weighted by atomic mass is 16.7. The van der Waals surface area contributed by atoms with E-state index in [0.29, 0.717) is 18.5 Å². The zero-order valence-electron chi connectivity index (χ0n) is 12.4. The minimum atomic E-state index is -1.18. The number of carboxylic acid groups (broad SMARTS) is 1. The van der Waals surface area contributed by atoms with Crippen molar-refractivity contribution in [3.8, 4) is 5.75 Å². The number of fused-ring (bicyclic) bond motifs is 2. The Morgan fingerprint density at radius 2 is 2.19 bits per heavy atom. The lowest BCUT2D eigenvalue weighted by Gasteiger charge is -2.45. The number of rotatable bonds is 2. The van der Waals surface area contributed by atoms with Crippen molar-refractivity contribution in [2.24, 2.45) is 5.92 Å². The molecule has 5 nitrogen and oxygen atoms in total. The first-order valence-corrected chi connectivity index (χ1v) is 7.33. The Morgan fingerprint density at radius 1 is 1.38 bits per heavy atom. The average Bonchev–Trinajstić information content (AvgIpc) is 2.44. The predicted octanol–water partition coefficient (Wildman–Crippen LogP) is 2.18. The summed E-state index contributed by atoms with van der Waals surface area (Å²) < 4.78 is 10.5. The van der Waals surface area contributed by atoms with Crippen LogP contribution in [0.2, 0.25) is 0 Å². The van der Waals surface area contributed by atoms with E-state index in [4.69, 9.17) is 14.6 Å². The van der Waals surface area contributed by atoms with E-state index in [1.165, 1.54) is 11.1 Å². The molecule has 1 aromatic rings.